The van der Waals surface area contributed by atoms with Crippen LogP contribution >= 0.6 is 12.8 Å². The molecule has 0 spiro atoms. The SMILES string of the molecule is CCCC(C)NS. The average molecular weight is 119 g/mol. The Morgan fingerprint density at radius 3 is 2.43 bits per heavy atom. The summed E-state index contributed by atoms with van der Waals surface area (Å²) in [6.45, 7) is 4.29. The summed E-state index contributed by atoms with van der Waals surface area (Å²) in [4.78, 5) is 0. The van der Waals surface area contributed by atoms with Crippen molar-refractivity contribution in [2.24, 2.45) is 0 Å². The van der Waals surface area contributed by atoms with Crippen molar-refractivity contribution in [3.8, 4) is 0 Å². The molecule has 0 aromatic rings. The third kappa shape index (κ3) is 4.16. The molecule has 1 N–H and O–H groups in total. The number of hydrogen-bond donors (Lipinski definition) is 2. The van der Waals surface area contributed by atoms with E-state index in [0.717, 1.165) is 0 Å². The Bertz CT molecular complexity index is 39.1. The summed E-state index contributed by atoms with van der Waals surface area (Å²) in [6.07, 6.45) is 2.44. The molecule has 0 fully saturated rings. The van der Waals surface area contributed by atoms with Gasteiger partial charge in [0.15, 0.2) is 0 Å². The molecule has 7 heavy (non-hydrogen) atoms. The van der Waals surface area contributed by atoms with Crippen molar-refractivity contribution < 1.29 is 0 Å². The number of nitrogens with one attached hydrogen (secondary N) is 1. The van der Waals surface area contributed by atoms with Gasteiger partial charge >= 0.3 is 0 Å². The molecule has 0 aromatic heterocycles. The van der Waals surface area contributed by atoms with Crippen molar-refractivity contribution in [3.05, 3.63) is 0 Å². The van der Waals surface area contributed by atoms with E-state index in [1.807, 2.05) is 0 Å². The molecule has 0 amide bonds. The Balaban J connectivity index is 2.83. The summed E-state index contributed by atoms with van der Waals surface area (Å²) in [6, 6.07) is 0.563. The van der Waals surface area contributed by atoms with Gasteiger partial charge < -0.3 is 0 Å². The van der Waals surface area contributed by atoms with Gasteiger partial charge in [-0.2, -0.15) is 0 Å². The maximum absolute atomic E-state index is 3.90. The minimum atomic E-state index is 0.563. The van der Waals surface area contributed by atoms with Crippen LogP contribution in [0.4, 0.5) is 0 Å². The van der Waals surface area contributed by atoms with Crippen molar-refractivity contribution >= 4 is 12.8 Å². The van der Waals surface area contributed by atoms with Gasteiger partial charge in [-0.15, -0.1) is 0 Å². The van der Waals surface area contributed by atoms with Crippen LogP contribution < -0.4 is 4.72 Å². The summed E-state index contributed by atoms with van der Waals surface area (Å²) >= 11 is 3.90. The van der Waals surface area contributed by atoms with Crippen molar-refractivity contribution in [2.45, 2.75) is 32.7 Å². The summed E-state index contributed by atoms with van der Waals surface area (Å²) in [5.74, 6) is 0. The summed E-state index contributed by atoms with van der Waals surface area (Å²) in [5, 5.41) is 0. The molecule has 0 aliphatic rings. The lowest BCUT2D eigenvalue weighted by Crippen LogP contribution is -2.14. The van der Waals surface area contributed by atoms with Crippen molar-refractivity contribution in [1.29, 1.82) is 0 Å². The molecule has 0 radical (unpaired) electrons. The normalized spacial score (nSPS) is 14.1. The van der Waals surface area contributed by atoms with Gasteiger partial charge in [0.1, 0.15) is 0 Å². The molecule has 2 heteroatoms. The van der Waals surface area contributed by atoms with Crippen LogP contribution in [0.5, 0.6) is 0 Å². The fraction of sp³-hybridized carbons (Fsp3) is 1.00. The fourth-order valence-electron chi connectivity index (χ4n) is 0.498. The number of thiol groups is 1. The molecule has 0 heterocycles. The molecule has 0 rings (SSSR count). The first-order valence-corrected chi connectivity index (χ1v) is 3.15. The minimum absolute atomic E-state index is 0.563. The Kier molecular flexibility index (Phi) is 4.67. The zero-order valence-electron chi connectivity index (χ0n) is 4.94. The molecule has 44 valence electrons. The van der Waals surface area contributed by atoms with E-state index in [1.54, 1.807) is 0 Å². The molecule has 0 aliphatic heterocycles. The molecule has 0 aromatic carbocycles. The smallest absolute Gasteiger partial charge is 0.0141 e. The molecular formula is C5H13NS. The highest BCUT2D eigenvalue weighted by atomic mass is 32.1. The van der Waals surface area contributed by atoms with Gasteiger partial charge in [0, 0.05) is 6.04 Å². The van der Waals surface area contributed by atoms with Gasteiger partial charge in [0.25, 0.3) is 0 Å². The second-order valence-electron chi connectivity index (χ2n) is 1.82. The average Bonchev–Trinajstić information content (AvgIpc) is 1.68. The van der Waals surface area contributed by atoms with Crippen molar-refractivity contribution in [2.75, 3.05) is 0 Å². The lowest BCUT2D eigenvalue weighted by molar-refractivity contribution is 0.620. The highest BCUT2D eigenvalue weighted by molar-refractivity contribution is 7.78. The largest absolute Gasteiger partial charge is 0.264 e. The fourth-order valence-corrected chi connectivity index (χ4v) is 0.627. The minimum Gasteiger partial charge on any atom is -0.264 e. The molecule has 1 unspecified atom stereocenters. The Morgan fingerprint density at radius 1 is 1.71 bits per heavy atom. The number of rotatable bonds is 3. The van der Waals surface area contributed by atoms with Crippen molar-refractivity contribution in [1.82, 2.24) is 4.72 Å². The third-order valence-corrected chi connectivity index (χ3v) is 1.38. The second-order valence-corrected chi connectivity index (χ2v) is 2.08. The molecular weight excluding hydrogens is 106 g/mol. The summed E-state index contributed by atoms with van der Waals surface area (Å²) in [5.41, 5.74) is 0. The van der Waals surface area contributed by atoms with Crippen LogP contribution in [-0.4, -0.2) is 6.04 Å². The van der Waals surface area contributed by atoms with Crippen LogP contribution in [0.25, 0.3) is 0 Å². The lowest BCUT2D eigenvalue weighted by atomic mass is 10.2. The summed E-state index contributed by atoms with van der Waals surface area (Å²) in [7, 11) is 0. The maximum atomic E-state index is 3.90. The Labute approximate surface area is 51.0 Å². The molecule has 1 nitrogen and oxygen atoms in total. The van der Waals surface area contributed by atoms with Gasteiger partial charge in [-0.05, 0) is 13.3 Å². The van der Waals surface area contributed by atoms with E-state index in [4.69, 9.17) is 0 Å². The first kappa shape index (κ1) is 7.31. The van der Waals surface area contributed by atoms with E-state index < -0.39 is 0 Å². The van der Waals surface area contributed by atoms with Gasteiger partial charge in [-0.3, -0.25) is 4.72 Å². The maximum Gasteiger partial charge on any atom is 0.0141 e. The van der Waals surface area contributed by atoms with E-state index in [1.165, 1.54) is 12.8 Å². The van der Waals surface area contributed by atoms with Gasteiger partial charge in [0.05, 0.1) is 0 Å². The highest BCUT2D eigenvalue weighted by Gasteiger charge is 1.91. The zero-order valence-corrected chi connectivity index (χ0v) is 5.83. The van der Waals surface area contributed by atoms with E-state index in [2.05, 4.69) is 31.4 Å². The highest BCUT2D eigenvalue weighted by Crippen LogP contribution is 1.93. The quantitative estimate of drug-likeness (QED) is 0.538. The number of hydrogen-bond acceptors (Lipinski definition) is 2. The molecule has 0 saturated carbocycles. The van der Waals surface area contributed by atoms with Crippen molar-refractivity contribution in [3.63, 3.8) is 0 Å². The monoisotopic (exact) mass is 119 g/mol. The topological polar surface area (TPSA) is 12.0 Å². The van der Waals surface area contributed by atoms with E-state index in [9.17, 15) is 0 Å². The molecule has 0 saturated heterocycles. The van der Waals surface area contributed by atoms with E-state index in [-0.39, 0.29) is 0 Å². The standard InChI is InChI=1S/C5H13NS/c1-3-4-5(2)6-7/h5-7H,3-4H2,1-2H3. The molecule has 0 bridgehead atoms. The van der Waals surface area contributed by atoms with Crippen LogP contribution in [0, 0.1) is 0 Å². The lowest BCUT2D eigenvalue weighted by Gasteiger charge is -2.04. The Morgan fingerprint density at radius 2 is 2.29 bits per heavy atom. The second kappa shape index (κ2) is 4.47. The third-order valence-electron chi connectivity index (χ3n) is 0.942. The van der Waals surface area contributed by atoms with E-state index in [0.29, 0.717) is 6.04 Å². The summed E-state index contributed by atoms with van der Waals surface area (Å²) < 4.78 is 2.86. The van der Waals surface area contributed by atoms with Crippen LogP contribution in [0.15, 0.2) is 0 Å². The molecule has 1 atom stereocenters. The van der Waals surface area contributed by atoms with Gasteiger partial charge in [0.2, 0.25) is 0 Å². The predicted molar refractivity (Wildman–Crippen MR) is 36.5 cm³/mol. The van der Waals surface area contributed by atoms with Gasteiger partial charge in [-0.1, -0.05) is 26.2 Å². The first-order valence-electron chi connectivity index (χ1n) is 2.70. The first-order chi connectivity index (χ1) is 3.31. The van der Waals surface area contributed by atoms with Crippen LogP contribution in [0.2, 0.25) is 0 Å². The van der Waals surface area contributed by atoms with Crippen LogP contribution in [0.3, 0.4) is 0 Å². The van der Waals surface area contributed by atoms with Crippen LogP contribution in [-0.2, 0) is 0 Å². The Hall–Kier alpha value is 0.310. The zero-order chi connectivity index (χ0) is 5.70. The van der Waals surface area contributed by atoms with Gasteiger partial charge in [-0.25, -0.2) is 0 Å². The molecule has 0 aliphatic carbocycles. The van der Waals surface area contributed by atoms with Crippen LogP contribution in [0.1, 0.15) is 26.7 Å². The van der Waals surface area contributed by atoms with E-state index >= 15 is 0 Å². The predicted octanol–water partition coefficient (Wildman–Crippen LogP) is 1.61.